The molecule has 10 heteroatoms. The number of nitrogens with zero attached hydrogens (tertiary/aromatic N) is 5. The zero-order chi connectivity index (χ0) is 27.1. The average molecular weight is 535 g/mol. The van der Waals surface area contributed by atoms with Crippen LogP contribution in [-0.4, -0.2) is 62.3 Å². The topological polar surface area (TPSA) is 94.3 Å². The van der Waals surface area contributed by atoms with Crippen LogP contribution < -0.4 is 10.1 Å². The minimum Gasteiger partial charge on any atom is -0.468 e. The molecule has 9 nitrogen and oxygen atoms in total. The number of piperidine rings is 1. The lowest BCUT2D eigenvalue weighted by atomic mass is 9.85. The van der Waals surface area contributed by atoms with Crippen molar-refractivity contribution in [3.63, 3.8) is 0 Å². The Bertz CT molecular complexity index is 1530. The molecule has 0 bridgehead atoms. The Morgan fingerprint density at radius 3 is 2.53 bits per heavy atom. The maximum Gasteiger partial charge on any atom is 0.296 e. The van der Waals surface area contributed by atoms with Crippen LogP contribution in [0.4, 0.5) is 0 Å². The van der Waals surface area contributed by atoms with E-state index in [0.29, 0.717) is 47.5 Å². The smallest absolute Gasteiger partial charge is 0.296 e. The summed E-state index contributed by atoms with van der Waals surface area (Å²) in [6.07, 6.45) is 0.606. The van der Waals surface area contributed by atoms with Gasteiger partial charge in [-0.25, -0.2) is 0 Å². The van der Waals surface area contributed by atoms with Crippen LogP contribution in [0.5, 0.6) is 6.01 Å². The molecule has 2 amide bonds. The minimum absolute atomic E-state index is 0.0491. The van der Waals surface area contributed by atoms with Crippen molar-refractivity contribution in [2.24, 2.45) is 14.1 Å². The summed E-state index contributed by atoms with van der Waals surface area (Å²) in [4.78, 5) is 33.4. The number of benzene rings is 2. The maximum absolute atomic E-state index is 13.8. The van der Waals surface area contributed by atoms with E-state index in [1.165, 1.54) is 4.68 Å². The van der Waals surface area contributed by atoms with Crippen LogP contribution in [0.25, 0.3) is 11.0 Å². The van der Waals surface area contributed by atoms with Crippen LogP contribution in [0.1, 0.15) is 49.9 Å². The molecule has 38 heavy (non-hydrogen) atoms. The lowest BCUT2D eigenvalue weighted by Crippen LogP contribution is -2.51. The summed E-state index contributed by atoms with van der Waals surface area (Å²) in [5.74, 6) is -0.389. The molecule has 2 atom stereocenters. The van der Waals surface area contributed by atoms with Gasteiger partial charge in [0.05, 0.1) is 29.4 Å². The monoisotopic (exact) mass is 534 g/mol. The molecule has 198 valence electrons. The predicted molar refractivity (Wildman–Crippen MR) is 146 cm³/mol. The first-order valence-electron chi connectivity index (χ1n) is 12.5. The van der Waals surface area contributed by atoms with Gasteiger partial charge in [-0.1, -0.05) is 41.9 Å². The standard InChI is InChI=1S/C28H31ClN6O3/c1-16-13-19(14-22-24(16)31-28(38-5)33(22)3)27(37)35-12-11-21(20(15-35)18-9-7-6-8-10-18)30-26(36)23-17(2)32-34(4)25(23)29/h6-10,13-14,20-21H,11-12,15H2,1-5H3,(H,30,36)/t20-,21-/m1/s1. The highest BCUT2D eigenvalue weighted by Crippen LogP contribution is 2.31. The van der Waals surface area contributed by atoms with E-state index in [1.807, 2.05) is 65.9 Å². The Morgan fingerprint density at radius 1 is 1.13 bits per heavy atom. The first kappa shape index (κ1) is 25.8. The van der Waals surface area contributed by atoms with Crippen molar-refractivity contribution in [1.29, 1.82) is 0 Å². The van der Waals surface area contributed by atoms with E-state index in [-0.39, 0.29) is 23.8 Å². The largest absolute Gasteiger partial charge is 0.468 e. The van der Waals surface area contributed by atoms with Crippen LogP contribution in [0.3, 0.4) is 0 Å². The SMILES string of the molecule is COc1nc2c(C)cc(C(=O)N3CC[C@@H](NC(=O)c4c(C)nn(C)c4Cl)[C@@H](c4ccccc4)C3)cc2n1C. The molecule has 0 saturated carbocycles. The van der Waals surface area contributed by atoms with Crippen LogP contribution in [0.2, 0.25) is 5.15 Å². The van der Waals surface area contributed by atoms with Crippen molar-refractivity contribution in [3.8, 4) is 6.01 Å². The zero-order valence-corrected chi connectivity index (χ0v) is 22.9. The number of aryl methyl sites for hydroxylation is 4. The molecule has 0 aliphatic carbocycles. The van der Waals surface area contributed by atoms with Crippen molar-refractivity contribution < 1.29 is 14.3 Å². The minimum atomic E-state index is -0.252. The first-order chi connectivity index (χ1) is 18.2. The molecule has 2 aromatic carbocycles. The van der Waals surface area contributed by atoms with Crippen molar-refractivity contribution in [3.05, 3.63) is 75.6 Å². The van der Waals surface area contributed by atoms with Gasteiger partial charge in [-0.05, 0) is 43.5 Å². The van der Waals surface area contributed by atoms with E-state index >= 15 is 0 Å². The highest BCUT2D eigenvalue weighted by Gasteiger charge is 2.35. The Kier molecular flexibility index (Phi) is 6.88. The van der Waals surface area contributed by atoms with E-state index in [4.69, 9.17) is 16.3 Å². The molecule has 1 saturated heterocycles. The summed E-state index contributed by atoms with van der Waals surface area (Å²) in [6, 6.07) is 14.1. The van der Waals surface area contributed by atoms with E-state index in [0.717, 1.165) is 22.2 Å². The molecule has 2 aromatic heterocycles. The van der Waals surface area contributed by atoms with Gasteiger partial charge in [0.1, 0.15) is 5.15 Å². The quantitative estimate of drug-likeness (QED) is 0.417. The van der Waals surface area contributed by atoms with E-state index in [2.05, 4.69) is 15.4 Å². The number of carbonyl (C=O) groups is 2. The number of hydrogen-bond acceptors (Lipinski definition) is 5. The van der Waals surface area contributed by atoms with Crippen LogP contribution >= 0.6 is 11.6 Å². The Balaban J connectivity index is 1.42. The van der Waals surface area contributed by atoms with Crippen molar-refractivity contribution in [2.75, 3.05) is 20.2 Å². The molecule has 4 aromatic rings. The van der Waals surface area contributed by atoms with Crippen LogP contribution in [-0.2, 0) is 14.1 Å². The molecule has 1 aliphatic rings. The predicted octanol–water partition coefficient (Wildman–Crippen LogP) is 4.01. The summed E-state index contributed by atoms with van der Waals surface area (Å²) in [5.41, 5.74) is 5.20. The number of fused-ring (bicyclic) bond motifs is 1. The number of imidazole rings is 1. The third kappa shape index (κ3) is 4.51. The van der Waals surface area contributed by atoms with Gasteiger partial charge >= 0.3 is 0 Å². The molecule has 0 spiro atoms. The Morgan fingerprint density at radius 2 is 1.87 bits per heavy atom. The summed E-state index contributed by atoms with van der Waals surface area (Å²) in [6.45, 7) is 4.71. The van der Waals surface area contributed by atoms with Crippen molar-refractivity contribution in [2.45, 2.75) is 32.2 Å². The second-order valence-corrected chi connectivity index (χ2v) is 10.2. The van der Waals surface area contributed by atoms with Gasteiger partial charge in [0.15, 0.2) is 0 Å². The maximum atomic E-state index is 13.8. The van der Waals surface area contributed by atoms with Crippen LogP contribution in [0, 0.1) is 13.8 Å². The number of amides is 2. The fraction of sp³-hybridized carbons (Fsp3) is 0.357. The summed E-state index contributed by atoms with van der Waals surface area (Å²) in [7, 11) is 5.17. The number of methoxy groups -OCH3 is 1. The van der Waals surface area contributed by atoms with Crippen LogP contribution in [0.15, 0.2) is 42.5 Å². The van der Waals surface area contributed by atoms with Crippen molar-refractivity contribution in [1.82, 2.24) is 29.5 Å². The number of likely N-dealkylation sites (tertiary alicyclic amines) is 1. The number of hydrogen-bond donors (Lipinski definition) is 1. The summed E-state index contributed by atoms with van der Waals surface area (Å²) < 4.78 is 8.71. The molecular weight excluding hydrogens is 504 g/mol. The first-order valence-corrected chi connectivity index (χ1v) is 12.9. The third-order valence-corrected chi connectivity index (χ3v) is 7.82. The summed E-state index contributed by atoms with van der Waals surface area (Å²) >= 11 is 6.36. The molecule has 0 unspecified atom stereocenters. The summed E-state index contributed by atoms with van der Waals surface area (Å²) in [5, 5.41) is 7.76. The molecule has 5 rings (SSSR count). The average Bonchev–Trinajstić information content (AvgIpc) is 3.38. The normalized spacial score (nSPS) is 17.6. The van der Waals surface area contributed by atoms with Gasteiger partial charge in [0.2, 0.25) is 0 Å². The molecule has 1 N–H and O–H groups in total. The molecule has 0 radical (unpaired) electrons. The number of aromatic nitrogens is 4. The zero-order valence-electron chi connectivity index (χ0n) is 22.2. The fourth-order valence-corrected chi connectivity index (χ4v) is 5.66. The lowest BCUT2D eigenvalue weighted by molar-refractivity contribution is 0.0671. The second kappa shape index (κ2) is 10.1. The van der Waals surface area contributed by atoms with Crippen molar-refractivity contribution >= 4 is 34.4 Å². The lowest BCUT2D eigenvalue weighted by Gasteiger charge is -2.39. The van der Waals surface area contributed by atoms with E-state index in [1.54, 1.807) is 21.1 Å². The fourth-order valence-electron chi connectivity index (χ4n) is 5.40. The Hall–Kier alpha value is -3.85. The second-order valence-electron chi connectivity index (χ2n) is 9.83. The van der Waals surface area contributed by atoms with Gasteiger partial charge in [-0.15, -0.1) is 0 Å². The third-order valence-electron chi connectivity index (χ3n) is 7.39. The van der Waals surface area contributed by atoms with Gasteiger partial charge in [0.25, 0.3) is 17.8 Å². The number of ether oxygens (including phenoxy) is 1. The molecule has 1 aliphatic heterocycles. The number of halogens is 1. The molecule has 3 heterocycles. The number of nitrogens with one attached hydrogen (secondary N) is 1. The van der Waals surface area contributed by atoms with E-state index < -0.39 is 0 Å². The number of rotatable bonds is 5. The molecule has 1 fully saturated rings. The van der Waals surface area contributed by atoms with Gasteiger partial charge in [-0.2, -0.15) is 10.1 Å². The highest BCUT2D eigenvalue weighted by molar-refractivity contribution is 6.33. The van der Waals surface area contributed by atoms with Gasteiger partial charge in [-0.3, -0.25) is 18.8 Å². The van der Waals surface area contributed by atoms with Gasteiger partial charge < -0.3 is 15.0 Å². The van der Waals surface area contributed by atoms with E-state index in [9.17, 15) is 9.59 Å². The number of carbonyl (C=O) groups excluding carboxylic acids is 2. The molecular formula is C28H31ClN6O3. The Labute approximate surface area is 226 Å². The highest BCUT2D eigenvalue weighted by atomic mass is 35.5. The van der Waals surface area contributed by atoms with Gasteiger partial charge in [0, 0.05) is 44.7 Å².